The van der Waals surface area contributed by atoms with Gasteiger partial charge < -0.3 is 19.9 Å². The molecule has 1 aliphatic rings. The molecule has 0 bridgehead atoms. The molecule has 0 saturated heterocycles. The molecule has 0 spiro atoms. The van der Waals surface area contributed by atoms with E-state index >= 15 is 0 Å². The molecule has 106 valence electrons. The third kappa shape index (κ3) is 3.55. The molecule has 0 aliphatic carbocycles. The van der Waals surface area contributed by atoms with E-state index in [1.165, 1.54) is 5.56 Å². The Labute approximate surface area is 118 Å². The molecule has 19 heavy (non-hydrogen) atoms. The van der Waals surface area contributed by atoms with Gasteiger partial charge in [0.1, 0.15) is 0 Å². The fraction of sp³-hybridized carbons (Fsp3) is 0.571. The van der Waals surface area contributed by atoms with Crippen LogP contribution in [-0.2, 0) is 0 Å². The molecule has 4 nitrogen and oxygen atoms in total. The Morgan fingerprint density at radius 1 is 1.32 bits per heavy atom. The van der Waals surface area contributed by atoms with Gasteiger partial charge in [0, 0.05) is 17.0 Å². The van der Waals surface area contributed by atoms with E-state index in [1.807, 2.05) is 33.0 Å². The van der Waals surface area contributed by atoms with Crippen molar-refractivity contribution in [3.05, 3.63) is 23.8 Å². The number of aliphatic hydroxyl groups is 1. The first-order chi connectivity index (χ1) is 9.11. The molecule has 5 heteroatoms. The van der Waals surface area contributed by atoms with E-state index in [9.17, 15) is 5.11 Å². The average Bonchev–Trinajstić information content (AvgIpc) is 2.86. The summed E-state index contributed by atoms with van der Waals surface area (Å²) < 4.78 is 10.7. The third-order valence-electron chi connectivity index (χ3n) is 3.35. The molecular weight excluding hydrogens is 262 g/mol. The summed E-state index contributed by atoms with van der Waals surface area (Å²) in [4.78, 5) is 0. The Kier molecular flexibility index (Phi) is 4.96. The molecule has 0 fully saturated rings. The van der Waals surface area contributed by atoms with Gasteiger partial charge in [0.15, 0.2) is 11.5 Å². The fourth-order valence-electron chi connectivity index (χ4n) is 1.86. The normalized spacial score (nSPS) is 18.1. The number of hydrogen-bond donors (Lipinski definition) is 2. The predicted molar refractivity (Wildman–Crippen MR) is 78.0 cm³/mol. The van der Waals surface area contributed by atoms with Gasteiger partial charge in [-0.2, -0.15) is 11.8 Å². The first-order valence-electron chi connectivity index (χ1n) is 6.48. The Hall–Kier alpha value is -0.910. The van der Waals surface area contributed by atoms with Crippen LogP contribution in [0.3, 0.4) is 0 Å². The SMILES string of the molecule is CNC(CSC(C)C(C)O)c1ccc2c(c1)OCO2. The van der Waals surface area contributed by atoms with Crippen molar-refractivity contribution in [2.24, 2.45) is 0 Å². The number of ether oxygens (including phenoxy) is 2. The maximum Gasteiger partial charge on any atom is 0.231 e. The topological polar surface area (TPSA) is 50.7 Å². The molecule has 0 amide bonds. The molecule has 1 heterocycles. The van der Waals surface area contributed by atoms with Gasteiger partial charge in [0.25, 0.3) is 0 Å². The largest absolute Gasteiger partial charge is 0.454 e. The highest BCUT2D eigenvalue weighted by atomic mass is 32.2. The van der Waals surface area contributed by atoms with Gasteiger partial charge in [-0.1, -0.05) is 13.0 Å². The summed E-state index contributed by atoms with van der Waals surface area (Å²) >= 11 is 1.76. The molecular formula is C14H21NO3S. The highest BCUT2D eigenvalue weighted by molar-refractivity contribution is 7.99. The summed E-state index contributed by atoms with van der Waals surface area (Å²) in [7, 11) is 1.95. The molecule has 1 aliphatic heterocycles. The number of nitrogens with one attached hydrogen (secondary N) is 1. The molecule has 0 radical (unpaired) electrons. The Bertz CT molecular complexity index is 425. The van der Waals surface area contributed by atoms with Crippen molar-refractivity contribution in [1.29, 1.82) is 0 Å². The summed E-state index contributed by atoms with van der Waals surface area (Å²) in [5.41, 5.74) is 1.18. The van der Waals surface area contributed by atoms with Gasteiger partial charge in [-0.05, 0) is 31.7 Å². The number of aliphatic hydroxyl groups excluding tert-OH is 1. The van der Waals surface area contributed by atoms with Crippen LogP contribution in [0.25, 0.3) is 0 Å². The predicted octanol–water partition coefficient (Wildman–Crippen LogP) is 2.18. The Morgan fingerprint density at radius 2 is 2.05 bits per heavy atom. The Morgan fingerprint density at radius 3 is 2.74 bits per heavy atom. The second kappa shape index (κ2) is 6.50. The zero-order valence-electron chi connectivity index (χ0n) is 11.6. The van der Waals surface area contributed by atoms with Crippen molar-refractivity contribution in [2.75, 3.05) is 19.6 Å². The summed E-state index contributed by atoms with van der Waals surface area (Å²) in [6.45, 7) is 4.17. The number of rotatable bonds is 6. The van der Waals surface area contributed by atoms with E-state index in [2.05, 4.69) is 11.4 Å². The van der Waals surface area contributed by atoms with Crippen molar-refractivity contribution in [2.45, 2.75) is 31.2 Å². The average molecular weight is 283 g/mol. The minimum absolute atomic E-state index is 0.227. The zero-order chi connectivity index (χ0) is 13.8. The van der Waals surface area contributed by atoms with Crippen LogP contribution in [0.1, 0.15) is 25.5 Å². The zero-order valence-corrected chi connectivity index (χ0v) is 12.4. The maximum atomic E-state index is 9.53. The van der Waals surface area contributed by atoms with E-state index in [4.69, 9.17) is 9.47 Å². The molecule has 2 N–H and O–H groups in total. The summed E-state index contributed by atoms with van der Waals surface area (Å²) in [5.74, 6) is 2.53. The minimum atomic E-state index is -0.292. The minimum Gasteiger partial charge on any atom is -0.454 e. The highest BCUT2D eigenvalue weighted by Crippen LogP contribution is 2.35. The second-order valence-electron chi connectivity index (χ2n) is 4.73. The van der Waals surface area contributed by atoms with Crippen molar-refractivity contribution >= 4 is 11.8 Å². The molecule has 0 saturated carbocycles. The molecule has 3 atom stereocenters. The van der Waals surface area contributed by atoms with E-state index in [0.717, 1.165) is 17.3 Å². The van der Waals surface area contributed by atoms with Crippen molar-refractivity contribution < 1.29 is 14.6 Å². The van der Waals surface area contributed by atoms with Gasteiger partial charge in [-0.25, -0.2) is 0 Å². The van der Waals surface area contributed by atoms with E-state index in [-0.39, 0.29) is 17.4 Å². The summed E-state index contributed by atoms with van der Waals surface area (Å²) in [6.07, 6.45) is -0.292. The first kappa shape index (κ1) is 14.5. The standard InChI is InChI=1S/C14H21NO3S/c1-9(16)10(2)19-7-12(15-3)11-4-5-13-14(6-11)18-8-17-13/h4-6,9-10,12,15-16H,7-8H2,1-3H3. The summed E-state index contributed by atoms with van der Waals surface area (Å²) in [6, 6.07) is 6.27. The lowest BCUT2D eigenvalue weighted by atomic mass is 10.1. The quantitative estimate of drug-likeness (QED) is 0.838. The number of thioether (sulfide) groups is 1. The lowest BCUT2D eigenvalue weighted by molar-refractivity contribution is 0.174. The van der Waals surface area contributed by atoms with Gasteiger partial charge in [0.2, 0.25) is 6.79 Å². The van der Waals surface area contributed by atoms with Crippen LogP contribution >= 0.6 is 11.8 Å². The first-order valence-corrected chi connectivity index (χ1v) is 7.53. The molecule has 2 rings (SSSR count). The molecule has 3 unspecified atom stereocenters. The highest BCUT2D eigenvalue weighted by Gasteiger charge is 2.18. The van der Waals surface area contributed by atoms with Crippen molar-refractivity contribution in [3.63, 3.8) is 0 Å². The number of fused-ring (bicyclic) bond motifs is 1. The van der Waals surface area contributed by atoms with Crippen molar-refractivity contribution in [3.8, 4) is 11.5 Å². The van der Waals surface area contributed by atoms with E-state index in [0.29, 0.717) is 6.79 Å². The second-order valence-corrected chi connectivity index (χ2v) is 6.14. The van der Waals surface area contributed by atoms with Crippen LogP contribution in [0, 0.1) is 0 Å². The van der Waals surface area contributed by atoms with Crippen molar-refractivity contribution in [1.82, 2.24) is 5.32 Å². The number of benzene rings is 1. The number of hydrogen-bond acceptors (Lipinski definition) is 5. The van der Waals surface area contributed by atoms with Crippen LogP contribution < -0.4 is 14.8 Å². The molecule has 1 aromatic rings. The van der Waals surface area contributed by atoms with E-state index < -0.39 is 0 Å². The van der Waals surface area contributed by atoms with Gasteiger partial charge in [-0.15, -0.1) is 0 Å². The van der Waals surface area contributed by atoms with Crippen LogP contribution in [0.15, 0.2) is 18.2 Å². The van der Waals surface area contributed by atoms with Crippen LogP contribution in [0.2, 0.25) is 0 Å². The third-order valence-corrected chi connectivity index (χ3v) is 4.80. The lowest BCUT2D eigenvalue weighted by Gasteiger charge is -2.20. The van der Waals surface area contributed by atoms with Crippen LogP contribution in [0.4, 0.5) is 0 Å². The fourth-order valence-corrected chi connectivity index (χ4v) is 3.00. The van der Waals surface area contributed by atoms with Gasteiger partial charge in [-0.3, -0.25) is 0 Å². The van der Waals surface area contributed by atoms with Crippen LogP contribution in [0.5, 0.6) is 11.5 Å². The molecule has 0 aromatic heterocycles. The summed E-state index contributed by atoms with van der Waals surface area (Å²) in [5, 5.41) is 13.1. The van der Waals surface area contributed by atoms with Gasteiger partial charge in [0.05, 0.1) is 6.10 Å². The Balaban J connectivity index is 2.01. The monoisotopic (exact) mass is 283 g/mol. The maximum absolute atomic E-state index is 9.53. The lowest BCUT2D eigenvalue weighted by Crippen LogP contribution is -2.22. The van der Waals surface area contributed by atoms with E-state index in [1.54, 1.807) is 11.8 Å². The molecule has 1 aromatic carbocycles. The smallest absolute Gasteiger partial charge is 0.231 e. The van der Waals surface area contributed by atoms with Crippen LogP contribution in [-0.4, -0.2) is 36.1 Å². The van der Waals surface area contributed by atoms with Gasteiger partial charge >= 0.3 is 0 Å².